The van der Waals surface area contributed by atoms with Crippen molar-refractivity contribution in [3.63, 3.8) is 0 Å². The number of hydrogen-bond donors (Lipinski definition) is 1. The van der Waals surface area contributed by atoms with Crippen molar-refractivity contribution in [3.8, 4) is 0 Å². The largest absolute Gasteiger partial charge is 0.463 e. The van der Waals surface area contributed by atoms with Crippen LogP contribution in [0, 0.1) is 0 Å². The molecule has 0 aliphatic heterocycles. The third-order valence-corrected chi connectivity index (χ3v) is 3.48. The monoisotopic (exact) mass is 387 g/mol. The summed E-state index contributed by atoms with van der Waals surface area (Å²) in [4.78, 5) is 11.3. The van der Waals surface area contributed by atoms with Crippen LogP contribution < -0.4 is 5.73 Å². The fraction of sp³-hybridized carbons (Fsp3) is 0.154. The van der Waals surface area contributed by atoms with E-state index in [0.717, 1.165) is 14.5 Å². The minimum absolute atomic E-state index is 0.141. The summed E-state index contributed by atoms with van der Waals surface area (Å²) in [6, 6.07) is 8.48. The molecule has 6 heteroatoms. The summed E-state index contributed by atoms with van der Waals surface area (Å²) in [6.07, 6.45) is 0. The first-order valence-corrected chi connectivity index (χ1v) is 6.99. The summed E-state index contributed by atoms with van der Waals surface area (Å²) in [5.41, 5.74) is 6.99. The molecule has 0 fully saturated rings. The van der Waals surface area contributed by atoms with Crippen molar-refractivity contribution in [2.45, 2.75) is 6.04 Å². The number of methoxy groups -OCH3 is 1. The lowest BCUT2D eigenvalue weighted by Crippen LogP contribution is -2.11. The van der Waals surface area contributed by atoms with Crippen molar-refractivity contribution in [2.24, 2.45) is 5.73 Å². The summed E-state index contributed by atoms with van der Waals surface area (Å²) in [5, 5.41) is 0. The molecule has 2 N–H and O–H groups in total. The number of nitrogens with two attached hydrogens (primary N) is 1. The third kappa shape index (κ3) is 3.26. The first-order valence-electron chi connectivity index (χ1n) is 5.41. The molecule has 1 unspecified atom stereocenters. The number of carbonyl (C=O) groups is 1. The number of ether oxygens (including phenoxy) is 1. The van der Waals surface area contributed by atoms with Crippen LogP contribution in [0.15, 0.2) is 43.7 Å². The average molecular weight is 389 g/mol. The molecule has 0 radical (unpaired) electrons. The van der Waals surface area contributed by atoms with Gasteiger partial charge in [0.05, 0.1) is 13.2 Å². The van der Waals surface area contributed by atoms with E-state index < -0.39 is 12.0 Å². The van der Waals surface area contributed by atoms with Gasteiger partial charge in [0.1, 0.15) is 5.76 Å². The highest BCUT2D eigenvalue weighted by molar-refractivity contribution is 9.11. The van der Waals surface area contributed by atoms with Crippen molar-refractivity contribution in [1.29, 1.82) is 0 Å². The van der Waals surface area contributed by atoms with E-state index in [-0.39, 0.29) is 5.76 Å². The molecule has 2 rings (SSSR count). The molecule has 0 bridgehead atoms. The van der Waals surface area contributed by atoms with Gasteiger partial charge in [0, 0.05) is 8.95 Å². The Morgan fingerprint density at radius 3 is 2.47 bits per heavy atom. The van der Waals surface area contributed by atoms with Crippen LogP contribution in [0.1, 0.15) is 27.9 Å². The lowest BCUT2D eigenvalue weighted by molar-refractivity contribution is 0.0562. The SMILES string of the molecule is COC(=O)c1ccc(C(N)c2cc(Br)cc(Br)c2)o1. The van der Waals surface area contributed by atoms with E-state index in [0.29, 0.717) is 5.76 Å². The topological polar surface area (TPSA) is 65.5 Å². The van der Waals surface area contributed by atoms with E-state index in [1.54, 1.807) is 12.1 Å². The fourth-order valence-corrected chi connectivity index (χ4v) is 2.98. The van der Waals surface area contributed by atoms with Gasteiger partial charge in [-0.1, -0.05) is 31.9 Å². The lowest BCUT2D eigenvalue weighted by atomic mass is 10.1. The van der Waals surface area contributed by atoms with E-state index >= 15 is 0 Å². The van der Waals surface area contributed by atoms with E-state index in [2.05, 4.69) is 36.6 Å². The van der Waals surface area contributed by atoms with Crippen molar-refractivity contribution in [3.05, 3.63) is 56.4 Å². The highest BCUT2D eigenvalue weighted by Gasteiger charge is 2.17. The second kappa shape index (κ2) is 5.90. The van der Waals surface area contributed by atoms with Crippen molar-refractivity contribution >= 4 is 37.8 Å². The number of carbonyl (C=O) groups excluding carboxylic acids is 1. The highest BCUT2D eigenvalue weighted by Crippen LogP contribution is 2.27. The van der Waals surface area contributed by atoms with Crippen LogP contribution in [0.5, 0.6) is 0 Å². The number of furan rings is 1. The standard InChI is InChI=1S/C13H11Br2NO3/c1-18-13(17)11-3-2-10(19-11)12(16)7-4-8(14)6-9(15)5-7/h2-6,12H,16H2,1H3. The molecule has 4 nitrogen and oxygen atoms in total. The predicted octanol–water partition coefficient (Wildman–Crippen LogP) is 3.64. The zero-order chi connectivity index (χ0) is 14.0. The second-order valence-electron chi connectivity index (χ2n) is 3.87. The molecule has 0 saturated heterocycles. The predicted molar refractivity (Wildman–Crippen MR) is 77.9 cm³/mol. The maximum Gasteiger partial charge on any atom is 0.373 e. The molecular formula is C13H11Br2NO3. The number of hydrogen-bond acceptors (Lipinski definition) is 4. The zero-order valence-corrected chi connectivity index (χ0v) is 13.2. The Hall–Kier alpha value is -1.11. The van der Waals surface area contributed by atoms with Gasteiger partial charge in [0.25, 0.3) is 0 Å². The van der Waals surface area contributed by atoms with Crippen LogP contribution in [-0.4, -0.2) is 13.1 Å². The maximum absolute atomic E-state index is 11.3. The Kier molecular flexibility index (Phi) is 4.44. The smallest absolute Gasteiger partial charge is 0.373 e. The number of esters is 1. The quantitative estimate of drug-likeness (QED) is 0.815. The first-order chi connectivity index (χ1) is 9.01. The third-order valence-electron chi connectivity index (χ3n) is 2.56. The van der Waals surface area contributed by atoms with Gasteiger partial charge in [-0.05, 0) is 35.9 Å². The van der Waals surface area contributed by atoms with E-state index in [4.69, 9.17) is 10.2 Å². The Balaban J connectivity index is 2.30. The van der Waals surface area contributed by atoms with Gasteiger partial charge >= 0.3 is 5.97 Å². The summed E-state index contributed by atoms with van der Waals surface area (Å²) in [7, 11) is 1.30. The number of halogens is 2. The number of benzene rings is 1. The van der Waals surface area contributed by atoms with E-state index in [1.807, 2.05) is 18.2 Å². The zero-order valence-electron chi connectivity index (χ0n) is 10.0. The summed E-state index contributed by atoms with van der Waals surface area (Å²) < 4.78 is 11.8. The van der Waals surface area contributed by atoms with Gasteiger partial charge in [-0.25, -0.2) is 4.79 Å². The van der Waals surface area contributed by atoms with Gasteiger partial charge in [-0.3, -0.25) is 0 Å². The highest BCUT2D eigenvalue weighted by atomic mass is 79.9. The van der Waals surface area contributed by atoms with Gasteiger partial charge in [0.2, 0.25) is 5.76 Å². The lowest BCUT2D eigenvalue weighted by Gasteiger charge is -2.10. The summed E-state index contributed by atoms with van der Waals surface area (Å²) >= 11 is 6.81. The summed E-state index contributed by atoms with van der Waals surface area (Å²) in [5.74, 6) is 0.126. The van der Waals surface area contributed by atoms with Crippen molar-refractivity contribution in [1.82, 2.24) is 0 Å². The molecule has 19 heavy (non-hydrogen) atoms. The Bertz CT molecular complexity index is 589. The van der Waals surface area contributed by atoms with Crippen molar-refractivity contribution < 1.29 is 13.9 Å². The molecule has 0 saturated carbocycles. The molecule has 1 aromatic heterocycles. The molecular weight excluding hydrogens is 378 g/mol. The number of rotatable bonds is 3. The van der Waals surface area contributed by atoms with Crippen LogP contribution in [0.3, 0.4) is 0 Å². The second-order valence-corrected chi connectivity index (χ2v) is 5.71. The Morgan fingerprint density at radius 2 is 1.89 bits per heavy atom. The molecule has 100 valence electrons. The van der Waals surface area contributed by atoms with Crippen LogP contribution >= 0.6 is 31.9 Å². The van der Waals surface area contributed by atoms with Gasteiger partial charge in [-0.15, -0.1) is 0 Å². The van der Waals surface area contributed by atoms with Crippen LogP contribution in [0.4, 0.5) is 0 Å². The van der Waals surface area contributed by atoms with Crippen molar-refractivity contribution in [2.75, 3.05) is 7.11 Å². The van der Waals surface area contributed by atoms with Crippen LogP contribution in [0.25, 0.3) is 0 Å². The first kappa shape index (κ1) is 14.3. The molecule has 0 aliphatic carbocycles. The van der Waals surface area contributed by atoms with Gasteiger partial charge < -0.3 is 14.9 Å². The van der Waals surface area contributed by atoms with Crippen LogP contribution in [-0.2, 0) is 4.74 Å². The Morgan fingerprint density at radius 1 is 1.26 bits per heavy atom. The molecule has 0 amide bonds. The van der Waals surface area contributed by atoms with E-state index in [1.165, 1.54) is 7.11 Å². The molecule has 1 aromatic carbocycles. The molecule has 0 spiro atoms. The van der Waals surface area contributed by atoms with Gasteiger partial charge in [0.15, 0.2) is 0 Å². The molecule has 1 heterocycles. The maximum atomic E-state index is 11.3. The molecule has 1 atom stereocenters. The minimum atomic E-state index is -0.520. The molecule has 2 aromatic rings. The Labute approximate surface area is 127 Å². The van der Waals surface area contributed by atoms with Crippen LogP contribution in [0.2, 0.25) is 0 Å². The average Bonchev–Trinajstić information content (AvgIpc) is 2.85. The molecule has 0 aliphatic rings. The minimum Gasteiger partial charge on any atom is -0.463 e. The fourth-order valence-electron chi connectivity index (χ4n) is 1.65. The van der Waals surface area contributed by atoms with E-state index in [9.17, 15) is 4.79 Å². The van der Waals surface area contributed by atoms with Gasteiger partial charge in [-0.2, -0.15) is 0 Å². The normalized spacial score (nSPS) is 12.2. The summed E-state index contributed by atoms with van der Waals surface area (Å²) in [6.45, 7) is 0.